The number of carbonyl (C=O) groups excluding carboxylic acids is 1. The van der Waals surface area contributed by atoms with Gasteiger partial charge in [-0.1, -0.05) is 18.2 Å². The van der Waals surface area contributed by atoms with Crippen LogP contribution >= 0.6 is 0 Å². The molecule has 3 heterocycles. The predicted molar refractivity (Wildman–Crippen MR) is 132 cm³/mol. The van der Waals surface area contributed by atoms with Gasteiger partial charge in [-0.05, 0) is 74.4 Å². The van der Waals surface area contributed by atoms with Gasteiger partial charge in [0, 0.05) is 42.1 Å². The number of carbonyl (C=O) groups is 1. The Hall–Kier alpha value is -4.33. The van der Waals surface area contributed by atoms with E-state index in [0.29, 0.717) is 11.5 Å². The number of hydrogen-bond acceptors (Lipinski definition) is 6. The van der Waals surface area contributed by atoms with E-state index in [-0.39, 0.29) is 11.7 Å². The summed E-state index contributed by atoms with van der Waals surface area (Å²) in [7, 11) is 0. The molecule has 0 aliphatic rings. The predicted octanol–water partition coefficient (Wildman–Crippen LogP) is 5.83. The summed E-state index contributed by atoms with van der Waals surface area (Å²) >= 11 is 0. The van der Waals surface area contributed by atoms with Gasteiger partial charge in [-0.15, -0.1) is 0 Å². The number of nitrogens with one attached hydrogen (secondary N) is 1. The number of amides is 1. The number of benzene rings is 1. The van der Waals surface area contributed by atoms with Crippen LogP contribution in [0.4, 0.5) is 20.7 Å². The van der Waals surface area contributed by atoms with Crippen LogP contribution in [0, 0.1) is 5.82 Å². The van der Waals surface area contributed by atoms with Crippen molar-refractivity contribution in [1.29, 1.82) is 0 Å². The summed E-state index contributed by atoms with van der Waals surface area (Å²) in [4.78, 5) is 27.5. The number of hydrogen-bond donors (Lipinski definition) is 1. The van der Waals surface area contributed by atoms with Crippen LogP contribution < -0.4 is 15.0 Å². The van der Waals surface area contributed by atoms with Crippen molar-refractivity contribution < 1.29 is 13.9 Å². The van der Waals surface area contributed by atoms with Crippen molar-refractivity contribution in [3.63, 3.8) is 0 Å². The van der Waals surface area contributed by atoms with Crippen LogP contribution in [0.25, 0.3) is 0 Å². The van der Waals surface area contributed by atoms with Gasteiger partial charge in [0.15, 0.2) is 0 Å². The lowest BCUT2D eigenvalue weighted by Crippen LogP contribution is -2.42. The third kappa shape index (κ3) is 6.17. The molecule has 178 valence electrons. The number of nitrogens with zero attached hydrogens (tertiary/aromatic N) is 4. The fraction of sp³-hybridized carbons (Fsp3) is 0.185. The summed E-state index contributed by atoms with van der Waals surface area (Å²) < 4.78 is 19.3. The minimum Gasteiger partial charge on any atom is -0.391 e. The SMILES string of the molecule is CC(C)(C)NC(=O)Oc1cccc(N(c2ccc(F)cc2)C(c2cccnc2)c2cccnc2)n1. The zero-order chi connectivity index (χ0) is 24.8. The second kappa shape index (κ2) is 10.3. The van der Waals surface area contributed by atoms with E-state index in [0.717, 1.165) is 11.1 Å². The summed E-state index contributed by atoms with van der Waals surface area (Å²) in [5.74, 6) is 0.278. The third-order valence-corrected chi connectivity index (χ3v) is 4.99. The van der Waals surface area contributed by atoms with Gasteiger partial charge in [-0.25, -0.2) is 9.18 Å². The molecule has 0 atom stereocenters. The van der Waals surface area contributed by atoms with E-state index in [2.05, 4.69) is 20.3 Å². The molecule has 8 heteroatoms. The van der Waals surface area contributed by atoms with Crippen LogP contribution in [0.2, 0.25) is 0 Å². The Labute approximate surface area is 203 Å². The maximum Gasteiger partial charge on any atom is 0.414 e. The van der Waals surface area contributed by atoms with Crippen molar-refractivity contribution in [2.75, 3.05) is 4.90 Å². The van der Waals surface area contributed by atoms with Crippen molar-refractivity contribution in [3.8, 4) is 5.88 Å². The fourth-order valence-electron chi connectivity index (χ4n) is 3.60. The van der Waals surface area contributed by atoms with E-state index >= 15 is 0 Å². The van der Waals surface area contributed by atoms with Gasteiger partial charge in [0.2, 0.25) is 5.88 Å². The molecule has 1 N–H and O–H groups in total. The molecule has 0 unspecified atom stereocenters. The van der Waals surface area contributed by atoms with Gasteiger partial charge in [-0.3, -0.25) is 9.97 Å². The standard InChI is InChI=1S/C27H26FN5O2/c1-27(2,3)32-26(34)35-24-10-4-9-23(31-24)33(22-13-11-21(28)12-14-22)25(19-7-5-15-29-17-19)20-8-6-16-30-18-20/h4-18,25H,1-3H3,(H,32,34). The molecule has 1 aromatic carbocycles. The molecular formula is C27H26FN5O2. The molecule has 0 bridgehead atoms. The van der Waals surface area contributed by atoms with Gasteiger partial charge in [0.1, 0.15) is 11.6 Å². The van der Waals surface area contributed by atoms with Gasteiger partial charge >= 0.3 is 6.09 Å². The summed E-state index contributed by atoms with van der Waals surface area (Å²) in [6, 6.07) is 18.5. The smallest absolute Gasteiger partial charge is 0.391 e. The zero-order valence-corrected chi connectivity index (χ0v) is 19.7. The van der Waals surface area contributed by atoms with Crippen molar-refractivity contribution in [2.24, 2.45) is 0 Å². The van der Waals surface area contributed by atoms with Gasteiger partial charge in [0.05, 0.1) is 6.04 Å². The molecule has 3 aromatic heterocycles. The molecule has 1 amide bonds. The molecule has 7 nitrogen and oxygen atoms in total. The lowest BCUT2D eigenvalue weighted by molar-refractivity contribution is 0.189. The number of halogens is 1. The molecule has 4 rings (SSSR count). The first-order valence-electron chi connectivity index (χ1n) is 11.1. The van der Waals surface area contributed by atoms with E-state index in [1.165, 1.54) is 12.1 Å². The summed E-state index contributed by atoms with van der Waals surface area (Å²) in [5.41, 5.74) is 1.99. The molecule has 35 heavy (non-hydrogen) atoms. The lowest BCUT2D eigenvalue weighted by Gasteiger charge is -2.33. The monoisotopic (exact) mass is 471 g/mol. The highest BCUT2D eigenvalue weighted by molar-refractivity contribution is 5.71. The summed E-state index contributed by atoms with van der Waals surface area (Å²) in [5, 5.41) is 2.76. The maximum absolute atomic E-state index is 13.8. The number of ether oxygens (including phenoxy) is 1. The first-order chi connectivity index (χ1) is 16.8. The average Bonchev–Trinajstić information content (AvgIpc) is 2.83. The Bertz CT molecular complexity index is 1220. The highest BCUT2D eigenvalue weighted by Gasteiger charge is 2.27. The van der Waals surface area contributed by atoms with Crippen LogP contribution in [0.5, 0.6) is 5.88 Å². The maximum atomic E-state index is 13.8. The molecule has 0 fully saturated rings. The Kier molecular flexibility index (Phi) is 7.01. The molecule has 4 aromatic rings. The topological polar surface area (TPSA) is 80.2 Å². The highest BCUT2D eigenvalue weighted by atomic mass is 19.1. The van der Waals surface area contributed by atoms with E-state index < -0.39 is 17.7 Å². The zero-order valence-electron chi connectivity index (χ0n) is 19.7. The Balaban J connectivity index is 1.82. The van der Waals surface area contributed by atoms with Crippen LogP contribution in [0.1, 0.15) is 37.9 Å². The minimum absolute atomic E-state index is 0.132. The normalized spacial score (nSPS) is 11.2. The van der Waals surface area contributed by atoms with Crippen LogP contribution in [0.3, 0.4) is 0 Å². The minimum atomic E-state index is -0.605. The molecule has 0 aliphatic carbocycles. The van der Waals surface area contributed by atoms with E-state index in [1.807, 2.05) is 49.9 Å². The Morgan fingerprint density at radius 1 is 0.914 bits per heavy atom. The molecule has 0 saturated carbocycles. The largest absolute Gasteiger partial charge is 0.414 e. The third-order valence-electron chi connectivity index (χ3n) is 4.99. The van der Waals surface area contributed by atoms with E-state index in [1.54, 1.807) is 55.1 Å². The molecule has 0 saturated heterocycles. The van der Waals surface area contributed by atoms with Crippen molar-refractivity contribution in [2.45, 2.75) is 32.4 Å². The van der Waals surface area contributed by atoms with Gasteiger partial charge in [0.25, 0.3) is 0 Å². The summed E-state index contributed by atoms with van der Waals surface area (Å²) in [6.45, 7) is 5.59. The highest BCUT2D eigenvalue weighted by Crippen LogP contribution is 2.38. The fourth-order valence-corrected chi connectivity index (χ4v) is 3.60. The van der Waals surface area contributed by atoms with E-state index in [9.17, 15) is 9.18 Å². The van der Waals surface area contributed by atoms with Crippen molar-refractivity contribution in [1.82, 2.24) is 20.3 Å². The number of aromatic nitrogens is 3. The first-order valence-corrected chi connectivity index (χ1v) is 11.1. The number of anilines is 2. The van der Waals surface area contributed by atoms with Gasteiger partial charge in [-0.2, -0.15) is 4.98 Å². The summed E-state index contributed by atoms with van der Waals surface area (Å²) in [6.07, 6.45) is 6.34. The molecule has 0 radical (unpaired) electrons. The van der Waals surface area contributed by atoms with Crippen molar-refractivity contribution in [3.05, 3.63) is 108 Å². The number of rotatable bonds is 6. The molecule has 0 aliphatic heterocycles. The first kappa shape index (κ1) is 23.8. The van der Waals surface area contributed by atoms with Crippen molar-refractivity contribution >= 4 is 17.6 Å². The second-order valence-corrected chi connectivity index (χ2v) is 8.92. The van der Waals surface area contributed by atoms with E-state index in [4.69, 9.17) is 4.74 Å². The van der Waals surface area contributed by atoms with Crippen LogP contribution in [-0.4, -0.2) is 26.6 Å². The second-order valence-electron chi connectivity index (χ2n) is 8.92. The molecular weight excluding hydrogens is 445 g/mol. The van der Waals surface area contributed by atoms with Gasteiger partial charge < -0.3 is 15.0 Å². The number of pyridine rings is 3. The average molecular weight is 472 g/mol. The quantitative estimate of drug-likeness (QED) is 0.381. The Morgan fingerprint density at radius 3 is 2.09 bits per heavy atom. The van der Waals surface area contributed by atoms with Crippen LogP contribution in [0.15, 0.2) is 91.5 Å². The molecule has 0 spiro atoms. The van der Waals surface area contributed by atoms with Crippen LogP contribution in [-0.2, 0) is 0 Å². The lowest BCUT2D eigenvalue weighted by atomic mass is 9.99. The Morgan fingerprint density at radius 2 is 1.54 bits per heavy atom.